The van der Waals surface area contributed by atoms with Crippen molar-refractivity contribution < 1.29 is 22.8 Å². The maximum absolute atomic E-state index is 13.1. The summed E-state index contributed by atoms with van der Waals surface area (Å²) in [6.07, 6.45) is 4.40. The van der Waals surface area contributed by atoms with Gasteiger partial charge in [-0.25, -0.2) is 23.2 Å². The van der Waals surface area contributed by atoms with Crippen molar-refractivity contribution in [1.29, 1.82) is 0 Å². The van der Waals surface area contributed by atoms with E-state index in [1.807, 2.05) is 4.90 Å². The smallest absolute Gasteiger partial charge is 0.325 e. The van der Waals surface area contributed by atoms with Crippen molar-refractivity contribution >= 4 is 33.6 Å². The van der Waals surface area contributed by atoms with Gasteiger partial charge in [0.15, 0.2) is 9.84 Å². The second-order valence-electron chi connectivity index (χ2n) is 8.16. The van der Waals surface area contributed by atoms with Gasteiger partial charge in [-0.3, -0.25) is 14.5 Å². The molecular weight excluding hydrogens is 448 g/mol. The maximum Gasteiger partial charge on any atom is 0.325 e. The first kappa shape index (κ1) is 22.6. The average molecular weight is 473 g/mol. The molecule has 3 heterocycles. The highest BCUT2D eigenvalue weighted by atomic mass is 32.2. The van der Waals surface area contributed by atoms with Crippen molar-refractivity contribution in [2.75, 3.05) is 43.9 Å². The van der Waals surface area contributed by atoms with Crippen LogP contribution >= 0.6 is 0 Å². The largest absolute Gasteiger partial charge is 0.338 e. The van der Waals surface area contributed by atoms with Gasteiger partial charge < -0.3 is 15.1 Å². The number of aromatic nitrogens is 2. The topological polar surface area (TPSA) is 133 Å². The quantitative estimate of drug-likeness (QED) is 0.601. The van der Waals surface area contributed by atoms with Crippen molar-refractivity contribution in [2.24, 2.45) is 0 Å². The number of rotatable bonds is 5. The molecule has 174 valence electrons. The van der Waals surface area contributed by atoms with E-state index in [0.29, 0.717) is 37.7 Å². The molecule has 11 nitrogen and oxygen atoms in total. The van der Waals surface area contributed by atoms with E-state index in [-0.39, 0.29) is 17.3 Å². The fourth-order valence-electron chi connectivity index (χ4n) is 3.92. The van der Waals surface area contributed by atoms with Crippen LogP contribution < -0.4 is 10.2 Å². The molecule has 0 radical (unpaired) electrons. The first-order chi connectivity index (χ1) is 15.6. The number of amides is 4. The van der Waals surface area contributed by atoms with E-state index < -0.39 is 27.3 Å². The number of nitrogens with one attached hydrogen (secondary N) is 1. The summed E-state index contributed by atoms with van der Waals surface area (Å²) >= 11 is 0. The molecule has 1 atom stereocenters. The number of nitrogens with zero attached hydrogens (tertiary/aromatic N) is 5. The molecule has 2 aliphatic heterocycles. The van der Waals surface area contributed by atoms with Crippen LogP contribution in [0.15, 0.2) is 47.6 Å². The van der Waals surface area contributed by atoms with Gasteiger partial charge in [-0.15, -0.1) is 0 Å². The summed E-state index contributed by atoms with van der Waals surface area (Å²) in [5.41, 5.74) is -0.962. The van der Waals surface area contributed by atoms with Gasteiger partial charge in [0.25, 0.3) is 5.91 Å². The lowest BCUT2D eigenvalue weighted by Gasteiger charge is -2.35. The second kappa shape index (κ2) is 8.43. The Morgan fingerprint density at radius 2 is 1.67 bits per heavy atom. The molecule has 4 rings (SSSR count). The lowest BCUT2D eigenvalue weighted by molar-refractivity contribution is -0.139. The van der Waals surface area contributed by atoms with E-state index in [1.165, 1.54) is 31.2 Å². The summed E-state index contributed by atoms with van der Waals surface area (Å²) in [6, 6.07) is 6.82. The molecule has 0 bridgehead atoms. The molecule has 2 fully saturated rings. The molecule has 2 aliphatic rings. The number of piperazine rings is 1. The van der Waals surface area contributed by atoms with Crippen LogP contribution in [-0.4, -0.2) is 85.0 Å². The minimum Gasteiger partial charge on any atom is -0.338 e. The molecule has 2 aromatic rings. The van der Waals surface area contributed by atoms with E-state index in [2.05, 4.69) is 15.3 Å². The van der Waals surface area contributed by atoms with Gasteiger partial charge in [-0.2, -0.15) is 0 Å². The van der Waals surface area contributed by atoms with E-state index in [9.17, 15) is 22.8 Å². The zero-order chi connectivity index (χ0) is 23.8. The molecule has 33 heavy (non-hydrogen) atoms. The normalized spacial score (nSPS) is 21.3. The first-order valence-corrected chi connectivity index (χ1v) is 12.2. The van der Waals surface area contributed by atoms with Crippen molar-refractivity contribution in [3.8, 4) is 0 Å². The second-order valence-corrected chi connectivity index (χ2v) is 10.2. The zero-order valence-corrected chi connectivity index (χ0v) is 19.1. The summed E-state index contributed by atoms with van der Waals surface area (Å²) < 4.78 is 23.4. The number of hydrogen-bond acceptors (Lipinski definition) is 8. The lowest BCUT2D eigenvalue weighted by atomic mass is 9.92. The molecule has 1 aromatic heterocycles. The maximum atomic E-state index is 13.1. The van der Waals surface area contributed by atoms with Crippen LogP contribution in [0.25, 0.3) is 0 Å². The molecule has 0 unspecified atom stereocenters. The van der Waals surface area contributed by atoms with Crippen molar-refractivity contribution in [3.05, 3.63) is 48.3 Å². The van der Waals surface area contributed by atoms with Crippen molar-refractivity contribution in [2.45, 2.75) is 17.4 Å². The number of carbonyl (C=O) groups excluding carboxylic acids is 3. The number of anilines is 1. The minimum absolute atomic E-state index is 0.110. The number of hydrogen-bond donors (Lipinski definition) is 1. The fourth-order valence-corrected chi connectivity index (χ4v) is 4.55. The van der Waals surface area contributed by atoms with Crippen LogP contribution in [0, 0.1) is 0 Å². The predicted octanol–water partition coefficient (Wildman–Crippen LogP) is -0.00410. The summed E-state index contributed by atoms with van der Waals surface area (Å²) in [6.45, 7) is 3.09. The molecule has 1 aromatic carbocycles. The summed E-state index contributed by atoms with van der Waals surface area (Å²) in [5, 5.41) is 2.63. The van der Waals surface area contributed by atoms with Crippen molar-refractivity contribution in [1.82, 2.24) is 25.1 Å². The Hall–Kier alpha value is -3.54. The Morgan fingerprint density at radius 3 is 2.24 bits per heavy atom. The highest BCUT2D eigenvalue weighted by molar-refractivity contribution is 7.90. The SMILES string of the molecule is C[C@@]1(c2ccc(S(C)(=O)=O)cc2)NC(=O)N(CC(=O)N2CCN(c3ncccn3)CC2)C1=O. The monoisotopic (exact) mass is 472 g/mol. The molecule has 0 spiro atoms. The van der Waals surface area contributed by atoms with Gasteiger partial charge in [-0.05, 0) is 30.7 Å². The third-order valence-corrected chi connectivity index (χ3v) is 7.02. The van der Waals surface area contributed by atoms with Crippen LogP contribution in [0.5, 0.6) is 0 Å². The summed E-state index contributed by atoms with van der Waals surface area (Å²) in [4.78, 5) is 51.5. The number of benzene rings is 1. The molecular formula is C21H24N6O5S. The van der Waals surface area contributed by atoms with Crippen molar-refractivity contribution in [3.63, 3.8) is 0 Å². The van der Waals surface area contributed by atoms with Crippen LogP contribution in [0.3, 0.4) is 0 Å². The Morgan fingerprint density at radius 1 is 1.06 bits per heavy atom. The van der Waals surface area contributed by atoms with E-state index in [1.54, 1.807) is 23.4 Å². The van der Waals surface area contributed by atoms with Crippen LogP contribution in [0.2, 0.25) is 0 Å². The highest BCUT2D eigenvalue weighted by Gasteiger charge is 2.49. The Labute approximate surface area is 191 Å². The zero-order valence-electron chi connectivity index (χ0n) is 18.3. The summed E-state index contributed by atoms with van der Waals surface area (Å²) in [7, 11) is -3.39. The third kappa shape index (κ3) is 4.38. The molecule has 0 aliphatic carbocycles. The number of carbonyl (C=O) groups is 3. The molecule has 2 saturated heterocycles. The highest BCUT2D eigenvalue weighted by Crippen LogP contribution is 2.29. The Balaban J connectivity index is 1.41. The standard InChI is InChI=1S/C21H24N6O5S/c1-21(15-4-6-16(7-5-15)33(2,31)32)18(29)27(20(30)24-21)14-17(28)25-10-12-26(13-11-25)19-22-8-3-9-23-19/h3-9H,10-14H2,1-2H3,(H,24,30)/t21-/m0/s1. The van der Waals surface area contributed by atoms with E-state index in [4.69, 9.17) is 0 Å². The minimum atomic E-state index is -3.39. The number of sulfone groups is 1. The van der Waals surface area contributed by atoms with Crippen LogP contribution in [-0.2, 0) is 25.0 Å². The molecule has 4 amide bonds. The summed E-state index contributed by atoms with van der Waals surface area (Å²) in [5.74, 6) is -0.301. The molecule has 12 heteroatoms. The molecule has 0 saturated carbocycles. The lowest BCUT2D eigenvalue weighted by Crippen LogP contribution is -2.52. The average Bonchev–Trinajstić information content (AvgIpc) is 3.03. The van der Waals surface area contributed by atoms with E-state index >= 15 is 0 Å². The first-order valence-electron chi connectivity index (χ1n) is 10.3. The third-order valence-electron chi connectivity index (χ3n) is 5.90. The number of imide groups is 1. The fraction of sp³-hybridized carbons (Fsp3) is 0.381. The number of urea groups is 1. The van der Waals surface area contributed by atoms with Crippen LogP contribution in [0.1, 0.15) is 12.5 Å². The van der Waals surface area contributed by atoms with Gasteiger partial charge in [0.1, 0.15) is 12.1 Å². The van der Waals surface area contributed by atoms with Gasteiger partial charge >= 0.3 is 6.03 Å². The van der Waals surface area contributed by atoms with Gasteiger partial charge in [0, 0.05) is 44.8 Å². The predicted molar refractivity (Wildman–Crippen MR) is 118 cm³/mol. The van der Waals surface area contributed by atoms with Gasteiger partial charge in [-0.1, -0.05) is 12.1 Å². The van der Waals surface area contributed by atoms with Crippen LogP contribution in [0.4, 0.5) is 10.7 Å². The molecule has 1 N–H and O–H groups in total. The van der Waals surface area contributed by atoms with E-state index in [0.717, 1.165) is 11.2 Å². The Kier molecular flexibility index (Phi) is 5.78. The van der Waals surface area contributed by atoms with Gasteiger partial charge in [0.2, 0.25) is 11.9 Å². The Bertz CT molecular complexity index is 1180. The van der Waals surface area contributed by atoms with Gasteiger partial charge in [0.05, 0.1) is 4.90 Å².